The van der Waals surface area contributed by atoms with E-state index in [4.69, 9.17) is 0 Å². The van der Waals surface area contributed by atoms with Gasteiger partial charge in [0, 0.05) is 24.5 Å². The summed E-state index contributed by atoms with van der Waals surface area (Å²) < 4.78 is 29.4. The van der Waals surface area contributed by atoms with Crippen LogP contribution in [-0.2, 0) is 0 Å². The maximum Gasteiger partial charge on any atom is 0.271 e. The Hall–Kier alpha value is -2.80. The molecule has 0 unspecified atom stereocenters. The molecule has 1 N–H and O–H groups in total. The predicted molar refractivity (Wildman–Crippen MR) is 86.0 cm³/mol. The molecule has 1 amide bonds. The first-order chi connectivity index (χ1) is 12.0. The summed E-state index contributed by atoms with van der Waals surface area (Å²) in [6.45, 7) is 0.0601. The number of fused-ring (bicyclic) bond motifs is 1. The van der Waals surface area contributed by atoms with Gasteiger partial charge in [-0.2, -0.15) is 0 Å². The smallest absolute Gasteiger partial charge is 0.271 e. The first-order valence-electron chi connectivity index (χ1n) is 7.90. The van der Waals surface area contributed by atoms with Crippen molar-refractivity contribution in [3.05, 3.63) is 71.7 Å². The second kappa shape index (κ2) is 5.93. The number of nitrogens with zero attached hydrogens (tertiary/aromatic N) is 3. The molecule has 3 heterocycles. The van der Waals surface area contributed by atoms with Gasteiger partial charge < -0.3 is 10.0 Å². The highest BCUT2D eigenvalue weighted by molar-refractivity contribution is 5.93. The zero-order valence-corrected chi connectivity index (χ0v) is 13.1. The Morgan fingerprint density at radius 2 is 2.08 bits per heavy atom. The number of pyridine rings is 1. The lowest BCUT2D eigenvalue weighted by Gasteiger charge is -2.25. The van der Waals surface area contributed by atoms with Crippen molar-refractivity contribution in [1.29, 1.82) is 0 Å². The van der Waals surface area contributed by atoms with Crippen molar-refractivity contribution in [1.82, 2.24) is 14.3 Å². The number of hydrogen-bond donors (Lipinski definition) is 1. The number of β-amino-alcohol motifs (C(OH)–C–C–N with tert-alkyl or cyclic N) is 1. The summed E-state index contributed by atoms with van der Waals surface area (Å²) in [7, 11) is 0. The third-order valence-electron chi connectivity index (χ3n) is 4.50. The van der Waals surface area contributed by atoms with E-state index in [9.17, 15) is 18.7 Å². The van der Waals surface area contributed by atoms with Crippen LogP contribution in [0, 0.1) is 11.6 Å². The molecule has 1 aliphatic rings. The van der Waals surface area contributed by atoms with Gasteiger partial charge in [-0.3, -0.25) is 9.20 Å². The van der Waals surface area contributed by atoms with Crippen LogP contribution in [0.15, 0.2) is 48.8 Å². The van der Waals surface area contributed by atoms with Crippen LogP contribution in [0.1, 0.15) is 28.5 Å². The zero-order chi connectivity index (χ0) is 17.6. The minimum atomic E-state index is -0.793. The molecule has 0 saturated carbocycles. The fourth-order valence-corrected chi connectivity index (χ4v) is 3.37. The lowest BCUT2D eigenvalue weighted by molar-refractivity contribution is 0.0706. The Balaban J connectivity index is 1.76. The number of halogens is 2. The summed E-state index contributed by atoms with van der Waals surface area (Å²) in [6, 6.07) is 7.53. The van der Waals surface area contributed by atoms with Gasteiger partial charge in [-0.25, -0.2) is 13.8 Å². The van der Waals surface area contributed by atoms with Crippen LogP contribution in [0.4, 0.5) is 8.78 Å². The molecule has 2 atom stereocenters. The second-order valence-corrected chi connectivity index (χ2v) is 6.10. The number of likely N-dealkylation sites (tertiary alicyclic amines) is 1. The maximum absolute atomic E-state index is 14.2. The number of aliphatic hydroxyl groups is 1. The van der Waals surface area contributed by atoms with Gasteiger partial charge >= 0.3 is 0 Å². The molecule has 5 nitrogen and oxygen atoms in total. The third-order valence-corrected chi connectivity index (χ3v) is 4.50. The van der Waals surface area contributed by atoms with E-state index in [1.54, 1.807) is 35.0 Å². The van der Waals surface area contributed by atoms with Crippen molar-refractivity contribution in [3.63, 3.8) is 0 Å². The summed E-state index contributed by atoms with van der Waals surface area (Å²) in [5.41, 5.74) is 1.03. The van der Waals surface area contributed by atoms with E-state index in [0.717, 1.165) is 18.2 Å². The highest BCUT2D eigenvalue weighted by atomic mass is 19.1. The molecule has 4 rings (SSSR count). The molecular formula is C18H15F2N3O2. The SMILES string of the molecule is O=C(c1cccc2nccn12)N1C[C@@H](O)C[C@@H]1c1cc(F)ccc1F. The Morgan fingerprint density at radius 3 is 2.92 bits per heavy atom. The summed E-state index contributed by atoms with van der Waals surface area (Å²) in [5.74, 6) is -1.55. The van der Waals surface area contributed by atoms with E-state index in [1.165, 1.54) is 4.90 Å². The van der Waals surface area contributed by atoms with Crippen LogP contribution in [0.2, 0.25) is 0 Å². The lowest BCUT2D eigenvalue weighted by Crippen LogP contribution is -2.33. The van der Waals surface area contributed by atoms with Crippen molar-refractivity contribution >= 4 is 11.6 Å². The quantitative estimate of drug-likeness (QED) is 0.778. The van der Waals surface area contributed by atoms with E-state index in [2.05, 4.69) is 4.98 Å². The molecule has 0 spiro atoms. The average Bonchev–Trinajstić information content (AvgIpc) is 3.22. The standard InChI is InChI=1S/C18H15F2N3O2/c19-11-4-5-14(20)13(8-11)16-9-12(24)10-23(16)18(25)15-2-1-3-17-21-6-7-22(15)17/h1-8,12,16,24H,9-10H2/t12-,16+/m0/s1. The van der Waals surface area contributed by atoms with Crippen LogP contribution in [0.5, 0.6) is 0 Å². The summed E-state index contributed by atoms with van der Waals surface area (Å²) in [5, 5.41) is 10.0. The number of amides is 1. The van der Waals surface area contributed by atoms with Crippen molar-refractivity contribution in [2.24, 2.45) is 0 Å². The van der Waals surface area contributed by atoms with Crippen LogP contribution in [0.25, 0.3) is 5.65 Å². The molecule has 128 valence electrons. The molecule has 3 aromatic rings. The van der Waals surface area contributed by atoms with Crippen LogP contribution in [0.3, 0.4) is 0 Å². The van der Waals surface area contributed by atoms with Gasteiger partial charge in [0.2, 0.25) is 0 Å². The fourth-order valence-electron chi connectivity index (χ4n) is 3.37. The number of aromatic nitrogens is 2. The molecule has 2 aromatic heterocycles. The molecule has 7 heteroatoms. The van der Waals surface area contributed by atoms with E-state index < -0.39 is 23.8 Å². The molecule has 1 saturated heterocycles. The second-order valence-electron chi connectivity index (χ2n) is 6.10. The number of benzene rings is 1. The monoisotopic (exact) mass is 343 g/mol. The number of carbonyl (C=O) groups excluding carboxylic acids is 1. The predicted octanol–water partition coefficient (Wildman–Crippen LogP) is 2.56. The molecule has 25 heavy (non-hydrogen) atoms. The van der Waals surface area contributed by atoms with Gasteiger partial charge in [-0.05, 0) is 36.8 Å². The number of carbonyl (C=O) groups is 1. The van der Waals surface area contributed by atoms with Crippen LogP contribution < -0.4 is 0 Å². The third kappa shape index (κ3) is 2.66. The van der Waals surface area contributed by atoms with Crippen LogP contribution in [-0.4, -0.2) is 37.9 Å². The number of aliphatic hydroxyl groups excluding tert-OH is 1. The van der Waals surface area contributed by atoms with Crippen molar-refractivity contribution in [2.45, 2.75) is 18.6 Å². The van der Waals surface area contributed by atoms with Gasteiger partial charge in [0.1, 0.15) is 23.0 Å². The first kappa shape index (κ1) is 15.7. The summed E-state index contributed by atoms with van der Waals surface area (Å²) in [6.07, 6.45) is 2.60. The van der Waals surface area contributed by atoms with Crippen molar-refractivity contribution in [2.75, 3.05) is 6.54 Å². The first-order valence-corrected chi connectivity index (χ1v) is 7.90. The van der Waals surface area contributed by atoms with Gasteiger partial charge in [0.25, 0.3) is 5.91 Å². The van der Waals surface area contributed by atoms with Gasteiger partial charge in [-0.15, -0.1) is 0 Å². The van der Waals surface area contributed by atoms with Gasteiger partial charge in [0.05, 0.1) is 12.1 Å². The maximum atomic E-state index is 14.2. The van der Waals surface area contributed by atoms with Gasteiger partial charge in [-0.1, -0.05) is 6.07 Å². The minimum absolute atomic E-state index is 0.0601. The minimum Gasteiger partial charge on any atom is -0.391 e. The molecular weight excluding hydrogens is 328 g/mol. The van der Waals surface area contributed by atoms with Gasteiger partial charge in [0.15, 0.2) is 0 Å². The molecule has 0 aliphatic carbocycles. The average molecular weight is 343 g/mol. The van der Waals surface area contributed by atoms with Crippen molar-refractivity contribution < 1.29 is 18.7 Å². The summed E-state index contributed by atoms with van der Waals surface area (Å²) >= 11 is 0. The highest BCUT2D eigenvalue weighted by Gasteiger charge is 2.37. The lowest BCUT2D eigenvalue weighted by atomic mass is 10.0. The summed E-state index contributed by atoms with van der Waals surface area (Å²) in [4.78, 5) is 18.6. The van der Waals surface area contributed by atoms with E-state index in [0.29, 0.717) is 11.3 Å². The Labute approximate surface area is 142 Å². The van der Waals surface area contributed by atoms with E-state index in [-0.39, 0.29) is 24.4 Å². The molecule has 1 aromatic carbocycles. The molecule has 0 radical (unpaired) electrons. The van der Waals surface area contributed by atoms with Crippen molar-refractivity contribution in [3.8, 4) is 0 Å². The highest BCUT2D eigenvalue weighted by Crippen LogP contribution is 2.35. The number of rotatable bonds is 2. The molecule has 1 aliphatic heterocycles. The molecule has 1 fully saturated rings. The van der Waals surface area contributed by atoms with E-state index >= 15 is 0 Å². The topological polar surface area (TPSA) is 57.8 Å². The van der Waals surface area contributed by atoms with Crippen LogP contribution >= 0.6 is 0 Å². The zero-order valence-electron chi connectivity index (χ0n) is 13.1. The fraction of sp³-hybridized carbons (Fsp3) is 0.222. The Kier molecular flexibility index (Phi) is 3.73. The largest absolute Gasteiger partial charge is 0.391 e. The van der Waals surface area contributed by atoms with E-state index in [1.807, 2.05) is 0 Å². The normalized spacial score (nSPS) is 20.4. The number of hydrogen-bond acceptors (Lipinski definition) is 3. The Morgan fingerprint density at radius 1 is 1.24 bits per heavy atom. The Bertz CT molecular complexity index is 956. The number of imidazole rings is 1. The molecule has 0 bridgehead atoms.